The van der Waals surface area contributed by atoms with Gasteiger partial charge in [-0.1, -0.05) is 23.8 Å². The molecule has 4 nitrogen and oxygen atoms in total. The van der Waals surface area contributed by atoms with E-state index < -0.39 is 0 Å². The highest BCUT2D eigenvalue weighted by Crippen LogP contribution is 2.43. The van der Waals surface area contributed by atoms with Gasteiger partial charge in [-0.3, -0.25) is 4.98 Å². The van der Waals surface area contributed by atoms with Crippen molar-refractivity contribution in [1.29, 1.82) is 0 Å². The predicted molar refractivity (Wildman–Crippen MR) is 123 cm³/mol. The van der Waals surface area contributed by atoms with Crippen LogP contribution in [-0.4, -0.2) is 14.7 Å². The molecule has 0 saturated carbocycles. The summed E-state index contributed by atoms with van der Waals surface area (Å²) in [5.74, 6) is 0. The third-order valence-corrected chi connectivity index (χ3v) is 6.08. The third-order valence-electron chi connectivity index (χ3n) is 5.77. The Labute approximate surface area is 178 Å². The van der Waals surface area contributed by atoms with Crippen LogP contribution in [0.1, 0.15) is 60.2 Å². The second-order valence-electron chi connectivity index (χ2n) is 8.12. The summed E-state index contributed by atoms with van der Waals surface area (Å²) in [6, 6.07) is 17.4. The quantitative estimate of drug-likeness (QED) is 0.577. The van der Waals surface area contributed by atoms with E-state index in [-0.39, 0.29) is 12.1 Å². The summed E-state index contributed by atoms with van der Waals surface area (Å²) < 4.78 is 2.40. The number of hydrogen-bond donors (Lipinski definition) is 1. The van der Waals surface area contributed by atoms with Gasteiger partial charge >= 0.3 is 0 Å². The van der Waals surface area contributed by atoms with Crippen LogP contribution < -0.4 is 10.2 Å². The number of aromatic nitrogens is 2. The van der Waals surface area contributed by atoms with Crippen LogP contribution in [0, 0.1) is 20.8 Å². The number of pyridine rings is 1. The maximum absolute atomic E-state index is 5.82. The number of nitrogens with zero attached hydrogens (tertiary/aromatic N) is 3. The average molecular weight is 405 g/mol. The van der Waals surface area contributed by atoms with Crippen molar-refractivity contribution < 1.29 is 0 Å². The molecule has 5 heteroatoms. The number of benzene rings is 1. The third kappa shape index (κ3) is 3.44. The summed E-state index contributed by atoms with van der Waals surface area (Å²) in [7, 11) is 0. The van der Waals surface area contributed by atoms with Crippen molar-refractivity contribution in [2.75, 3.05) is 4.90 Å². The maximum Gasteiger partial charge on any atom is 0.174 e. The Morgan fingerprint density at radius 3 is 2.34 bits per heavy atom. The number of nitrogens with one attached hydrogen (secondary N) is 1. The lowest BCUT2D eigenvalue weighted by Gasteiger charge is -2.28. The predicted octanol–water partition coefficient (Wildman–Crippen LogP) is 5.57. The first-order valence-corrected chi connectivity index (χ1v) is 10.5. The van der Waals surface area contributed by atoms with Gasteiger partial charge in [-0.05, 0) is 82.7 Å². The molecule has 1 fully saturated rings. The van der Waals surface area contributed by atoms with Crippen molar-refractivity contribution in [1.82, 2.24) is 14.9 Å². The number of hydrogen-bond acceptors (Lipinski definition) is 2. The van der Waals surface area contributed by atoms with E-state index in [0.717, 1.165) is 16.5 Å². The van der Waals surface area contributed by atoms with Crippen LogP contribution in [0.15, 0.2) is 54.7 Å². The summed E-state index contributed by atoms with van der Waals surface area (Å²) in [6.07, 6.45) is 1.85. The van der Waals surface area contributed by atoms with Crippen LogP contribution in [0.4, 0.5) is 5.69 Å². The number of aryl methyl sites for hydroxylation is 2. The first-order valence-electron chi connectivity index (χ1n) is 10.1. The van der Waals surface area contributed by atoms with E-state index in [1.54, 1.807) is 0 Å². The first-order chi connectivity index (χ1) is 13.9. The topological polar surface area (TPSA) is 33.1 Å². The molecule has 1 aliphatic rings. The molecule has 3 heterocycles. The monoisotopic (exact) mass is 404 g/mol. The van der Waals surface area contributed by atoms with Gasteiger partial charge in [0.15, 0.2) is 5.11 Å². The van der Waals surface area contributed by atoms with E-state index in [1.165, 1.54) is 22.5 Å². The molecule has 1 aromatic carbocycles. The fourth-order valence-corrected chi connectivity index (χ4v) is 4.90. The van der Waals surface area contributed by atoms with Gasteiger partial charge in [-0.25, -0.2) is 0 Å². The average Bonchev–Trinajstić information content (AvgIpc) is 3.19. The standard InChI is InChI=1S/C24H28N4S/c1-15(2)27-17(4)14-20(18(27)5)23-22(21-8-6-7-13-25-21)26-24(29)28(23)19-11-9-16(3)10-12-19/h6-15,22-23H,1-5H3,(H,26,29)/t22-,23+/m0/s1. The molecule has 0 unspecified atom stereocenters. The van der Waals surface area contributed by atoms with E-state index in [1.807, 2.05) is 18.3 Å². The fraction of sp³-hybridized carbons (Fsp3) is 0.333. The van der Waals surface area contributed by atoms with Crippen LogP contribution in [-0.2, 0) is 0 Å². The minimum Gasteiger partial charge on any atom is -0.351 e. The van der Waals surface area contributed by atoms with Gasteiger partial charge in [-0.2, -0.15) is 0 Å². The number of rotatable bonds is 4. The zero-order chi connectivity index (χ0) is 20.7. The number of anilines is 1. The highest BCUT2D eigenvalue weighted by molar-refractivity contribution is 7.80. The fourth-order valence-electron chi connectivity index (χ4n) is 4.55. The molecule has 2 atom stereocenters. The largest absolute Gasteiger partial charge is 0.351 e. The molecule has 0 radical (unpaired) electrons. The van der Waals surface area contributed by atoms with Gasteiger partial charge in [0.2, 0.25) is 0 Å². The van der Waals surface area contributed by atoms with Crippen LogP contribution in [0.5, 0.6) is 0 Å². The summed E-state index contributed by atoms with van der Waals surface area (Å²) in [4.78, 5) is 6.90. The molecule has 0 aliphatic carbocycles. The van der Waals surface area contributed by atoms with Crippen molar-refractivity contribution in [2.45, 2.75) is 52.7 Å². The van der Waals surface area contributed by atoms with E-state index in [4.69, 9.17) is 12.2 Å². The molecule has 1 saturated heterocycles. The molecule has 2 aromatic heterocycles. The Bertz CT molecular complexity index is 1020. The molecule has 0 spiro atoms. The number of thiocarbonyl (C=S) groups is 1. The van der Waals surface area contributed by atoms with Crippen molar-refractivity contribution in [3.63, 3.8) is 0 Å². The molecule has 0 bridgehead atoms. The Balaban J connectivity index is 1.88. The van der Waals surface area contributed by atoms with E-state index in [2.05, 4.69) is 90.8 Å². The highest BCUT2D eigenvalue weighted by atomic mass is 32.1. The minimum absolute atomic E-state index is 0.00823. The van der Waals surface area contributed by atoms with Crippen LogP contribution in [0.25, 0.3) is 0 Å². The zero-order valence-corrected chi connectivity index (χ0v) is 18.5. The Hall–Kier alpha value is -2.66. The van der Waals surface area contributed by atoms with E-state index in [0.29, 0.717) is 6.04 Å². The molecule has 29 heavy (non-hydrogen) atoms. The zero-order valence-electron chi connectivity index (χ0n) is 17.7. The molecule has 1 aliphatic heterocycles. The molecular weight excluding hydrogens is 376 g/mol. The van der Waals surface area contributed by atoms with Crippen molar-refractivity contribution in [2.24, 2.45) is 0 Å². The second-order valence-corrected chi connectivity index (χ2v) is 8.51. The van der Waals surface area contributed by atoms with Crippen molar-refractivity contribution >= 4 is 23.0 Å². The first kappa shape index (κ1) is 19.6. The SMILES string of the molecule is Cc1ccc(N2C(=S)N[C@@H](c3ccccn3)[C@H]2c2cc(C)n(C(C)C)c2C)cc1. The molecule has 0 amide bonds. The minimum atomic E-state index is -0.00823. The lowest BCUT2D eigenvalue weighted by molar-refractivity contribution is 0.547. The van der Waals surface area contributed by atoms with Crippen LogP contribution >= 0.6 is 12.2 Å². The Morgan fingerprint density at radius 2 is 1.76 bits per heavy atom. The summed E-state index contributed by atoms with van der Waals surface area (Å²) in [6.45, 7) is 11.0. The van der Waals surface area contributed by atoms with Gasteiger partial charge in [0.25, 0.3) is 0 Å². The van der Waals surface area contributed by atoms with Gasteiger partial charge in [0.1, 0.15) is 0 Å². The van der Waals surface area contributed by atoms with Crippen molar-refractivity contribution in [3.8, 4) is 0 Å². The highest BCUT2D eigenvalue weighted by Gasteiger charge is 2.42. The van der Waals surface area contributed by atoms with E-state index >= 15 is 0 Å². The summed E-state index contributed by atoms with van der Waals surface area (Å²) >= 11 is 5.82. The van der Waals surface area contributed by atoms with Crippen LogP contribution in [0.2, 0.25) is 0 Å². The molecular formula is C24H28N4S. The maximum atomic E-state index is 5.82. The summed E-state index contributed by atoms with van der Waals surface area (Å²) in [5, 5.41) is 4.29. The lowest BCUT2D eigenvalue weighted by Crippen LogP contribution is -2.29. The Morgan fingerprint density at radius 1 is 1.03 bits per heavy atom. The van der Waals surface area contributed by atoms with Gasteiger partial charge in [0, 0.05) is 29.3 Å². The van der Waals surface area contributed by atoms with E-state index in [9.17, 15) is 0 Å². The lowest BCUT2D eigenvalue weighted by atomic mass is 9.96. The Kier molecular flexibility index (Phi) is 5.17. The van der Waals surface area contributed by atoms with Gasteiger partial charge < -0.3 is 14.8 Å². The van der Waals surface area contributed by atoms with Crippen LogP contribution in [0.3, 0.4) is 0 Å². The van der Waals surface area contributed by atoms with Gasteiger partial charge in [0.05, 0.1) is 17.8 Å². The normalized spacial score (nSPS) is 19.1. The second kappa shape index (κ2) is 7.64. The van der Waals surface area contributed by atoms with Crippen molar-refractivity contribution in [3.05, 3.63) is 82.9 Å². The van der Waals surface area contributed by atoms with Gasteiger partial charge in [-0.15, -0.1) is 0 Å². The molecule has 150 valence electrons. The molecule has 1 N–H and O–H groups in total. The molecule has 3 aromatic rings. The molecule has 4 rings (SSSR count). The summed E-state index contributed by atoms with van der Waals surface area (Å²) in [5.41, 5.74) is 7.19. The smallest absolute Gasteiger partial charge is 0.174 e.